The smallest absolute Gasteiger partial charge is 0.339 e. The maximum atomic E-state index is 11.1. The summed E-state index contributed by atoms with van der Waals surface area (Å²) < 4.78 is 5.59. The van der Waals surface area contributed by atoms with Gasteiger partial charge in [-0.15, -0.1) is 0 Å². The van der Waals surface area contributed by atoms with E-state index in [2.05, 4.69) is 85.8 Å². The number of rotatable bonds is 19. The van der Waals surface area contributed by atoms with Crippen LogP contribution in [0.2, 0.25) is 0 Å². The maximum absolute atomic E-state index is 11.1. The van der Waals surface area contributed by atoms with E-state index in [-0.39, 0.29) is 16.9 Å². The van der Waals surface area contributed by atoms with Gasteiger partial charge in [-0.05, 0) is 143 Å². The van der Waals surface area contributed by atoms with Gasteiger partial charge in [0, 0.05) is 0 Å². The first-order chi connectivity index (χ1) is 23.7. The third-order valence-electron chi connectivity index (χ3n) is 8.05. The molecule has 0 radical (unpaired) electrons. The van der Waals surface area contributed by atoms with Gasteiger partial charge in [0.15, 0.2) is 0 Å². The molecule has 2 aromatic rings. The minimum atomic E-state index is -1.10. The second-order valence-corrected chi connectivity index (χ2v) is 13.4. The third-order valence-corrected chi connectivity index (χ3v) is 8.05. The molecule has 0 aromatic heterocycles. The summed E-state index contributed by atoms with van der Waals surface area (Å²) in [5, 5.41) is 28.2. The highest BCUT2D eigenvalue weighted by molar-refractivity contribution is 5.91. The van der Waals surface area contributed by atoms with Crippen molar-refractivity contribution < 1.29 is 29.6 Å². The summed E-state index contributed by atoms with van der Waals surface area (Å²) in [5.74, 6) is -1.79. The van der Waals surface area contributed by atoms with Gasteiger partial charge in [0.2, 0.25) is 0 Å². The zero-order valence-corrected chi connectivity index (χ0v) is 31.6. The molecule has 6 nitrogen and oxygen atoms in total. The molecule has 2 rings (SSSR count). The Kier molecular flexibility index (Phi) is 21.3. The monoisotopic (exact) mass is 684 g/mol. The molecule has 0 atom stereocenters. The molecule has 0 saturated carbocycles. The first-order valence-corrected chi connectivity index (χ1v) is 17.6. The van der Waals surface area contributed by atoms with E-state index in [9.17, 15) is 14.7 Å². The molecule has 50 heavy (non-hydrogen) atoms. The second kappa shape index (κ2) is 24.5. The molecular weight excluding hydrogens is 624 g/mol. The SMILES string of the molecule is CC(C)=CCCC(C)=CCCC(C)=CCOc1ccccc1C(=O)O.CC(C)=CCCC(C)=CCCC(C)=CCc1cccc(C(=O)O)c1O. The van der Waals surface area contributed by atoms with Crippen LogP contribution in [0.4, 0.5) is 0 Å². The minimum Gasteiger partial charge on any atom is -0.507 e. The molecule has 0 fully saturated rings. The fourth-order valence-electron chi connectivity index (χ4n) is 4.93. The van der Waals surface area contributed by atoms with Gasteiger partial charge in [-0.2, -0.15) is 0 Å². The Bertz CT molecular complexity index is 1560. The number of hydrogen-bond donors (Lipinski definition) is 3. The van der Waals surface area contributed by atoms with Crippen molar-refractivity contribution in [2.24, 2.45) is 0 Å². The lowest BCUT2D eigenvalue weighted by molar-refractivity contribution is 0.0682. The van der Waals surface area contributed by atoms with Crippen LogP contribution in [0.5, 0.6) is 11.5 Å². The summed E-state index contributed by atoms with van der Waals surface area (Å²) in [4.78, 5) is 22.2. The highest BCUT2D eigenvalue weighted by atomic mass is 16.5. The largest absolute Gasteiger partial charge is 0.507 e. The molecule has 0 aliphatic carbocycles. The van der Waals surface area contributed by atoms with E-state index in [4.69, 9.17) is 14.9 Å². The zero-order chi connectivity index (χ0) is 37.5. The molecule has 0 aliphatic heterocycles. The van der Waals surface area contributed by atoms with Gasteiger partial charge in [0.1, 0.15) is 29.2 Å². The molecule has 0 spiro atoms. The Labute approximate surface area is 301 Å². The van der Waals surface area contributed by atoms with Crippen molar-refractivity contribution in [2.45, 2.75) is 113 Å². The van der Waals surface area contributed by atoms with Crippen LogP contribution in [0.25, 0.3) is 0 Å². The predicted molar refractivity (Wildman–Crippen MR) is 208 cm³/mol. The Hall–Kier alpha value is -4.58. The van der Waals surface area contributed by atoms with Crippen molar-refractivity contribution in [3.8, 4) is 11.5 Å². The van der Waals surface area contributed by atoms with Crippen LogP contribution in [-0.2, 0) is 6.42 Å². The average molecular weight is 685 g/mol. The maximum Gasteiger partial charge on any atom is 0.339 e. The average Bonchev–Trinajstić information content (AvgIpc) is 3.04. The molecule has 6 heteroatoms. The number of ether oxygens (including phenoxy) is 1. The molecule has 0 amide bonds. The van der Waals surface area contributed by atoms with E-state index in [1.807, 2.05) is 6.08 Å². The van der Waals surface area contributed by atoms with E-state index in [0.717, 1.165) is 51.4 Å². The van der Waals surface area contributed by atoms with Crippen molar-refractivity contribution in [3.63, 3.8) is 0 Å². The van der Waals surface area contributed by atoms with Crippen LogP contribution >= 0.6 is 0 Å². The molecule has 272 valence electrons. The van der Waals surface area contributed by atoms with E-state index in [0.29, 0.717) is 24.3 Å². The summed E-state index contributed by atoms with van der Waals surface area (Å²) in [6.45, 7) is 17.4. The van der Waals surface area contributed by atoms with Crippen LogP contribution in [0.1, 0.15) is 133 Å². The van der Waals surface area contributed by atoms with Gasteiger partial charge >= 0.3 is 11.9 Å². The van der Waals surface area contributed by atoms with Gasteiger partial charge in [-0.1, -0.05) is 88.1 Å². The normalized spacial score (nSPS) is 12.1. The van der Waals surface area contributed by atoms with Crippen LogP contribution in [0.3, 0.4) is 0 Å². The molecule has 0 saturated heterocycles. The van der Waals surface area contributed by atoms with E-state index in [1.54, 1.807) is 36.4 Å². The predicted octanol–water partition coefficient (Wildman–Crippen LogP) is 12.2. The van der Waals surface area contributed by atoms with Crippen molar-refractivity contribution in [1.29, 1.82) is 0 Å². The van der Waals surface area contributed by atoms with Crippen LogP contribution in [0.15, 0.2) is 112 Å². The number of carboxylic acid groups (broad SMARTS) is 2. The number of carboxylic acids is 2. The molecule has 0 bridgehead atoms. The summed E-state index contributed by atoms with van der Waals surface area (Å²) in [5.41, 5.74) is 8.87. The number of para-hydroxylation sites is 2. The van der Waals surface area contributed by atoms with E-state index >= 15 is 0 Å². The van der Waals surface area contributed by atoms with Gasteiger partial charge in [-0.3, -0.25) is 0 Å². The second-order valence-electron chi connectivity index (χ2n) is 13.4. The van der Waals surface area contributed by atoms with E-state index in [1.165, 1.54) is 39.5 Å². The van der Waals surface area contributed by atoms with Crippen molar-refractivity contribution in [2.75, 3.05) is 6.61 Å². The van der Waals surface area contributed by atoms with Crippen molar-refractivity contribution >= 4 is 11.9 Å². The molecule has 0 aliphatic rings. The number of carbonyl (C=O) groups is 2. The standard InChI is InChI=1S/2C22H30O3/c1-16(2)8-5-9-17(3)10-6-11-18(4)14-15-19-12-7-13-20(21(19)23)22(24)25;1-17(2)9-7-10-18(3)11-8-12-19(4)15-16-25-21-14-6-5-13-20(21)22(23)24/h7-8,10,12-14,23H,5-6,9,11,15H2,1-4H3,(H,24,25);5-6,9,11,13-15H,7-8,10,12,16H2,1-4H3,(H,23,24). The summed E-state index contributed by atoms with van der Waals surface area (Å²) >= 11 is 0. The summed E-state index contributed by atoms with van der Waals surface area (Å²) in [6, 6.07) is 11.6. The fraction of sp³-hybridized carbons (Fsp3) is 0.409. The highest BCUT2D eigenvalue weighted by Gasteiger charge is 2.12. The lowest BCUT2D eigenvalue weighted by Crippen LogP contribution is -2.03. The topological polar surface area (TPSA) is 104 Å². The molecule has 0 heterocycles. The molecule has 0 unspecified atom stereocenters. The Morgan fingerprint density at radius 3 is 1.50 bits per heavy atom. The lowest BCUT2D eigenvalue weighted by Gasteiger charge is -2.07. The zero-order valence-electron chi connectivity index (χ0n) is 31.6. The van der Waals surface area contributed by atoms with Gasteiger partial charge in [-0.25, -0.2) is 9.59 Å². The van der Waals surface area contributed by atoms with Gasteiger partial charge < -0.3 is 20.1 Å². The summed E-state index contributed by atoms with van der Waals surface area (Å²) in [7, 11) is 0. The number of benzene rings is 2. The minimum absolute atomic E-state index is 0.0431. The number of phenols is 1. The third kappa shape index (κ3) is 19.4. The molecule has 3 N–H and O–H groups in total. The Morgan fingerprint density at radius 1 is 0.560 bits per heavy atom. The molecule has 2 aromatic carbocycles. The van der Waals surface area contributed by atoms with Gasteiger partial charge in [0.05, 0.1) is 0 Å². The quantitative estimate of drug-likeness (QED) is 0.127. The number of hydrogen-bond acceptors (Lipinski definition) is 4. The fourth-order valence-corrected chi connectivity index (χ4v) is 4.93. The molecular formula is C44H60O6. The van der Waals surface area contributed by atoms with Crippen LogP contribution in [0, 0.1) is 0 Å². The number of aromatic carboxylic acids is 2. The number of aromatic hydroxyl groups is 1. The summed E-state index contributed by atoms with van der Waals surface area (Å²) in [6.07, 6.45) is 22.2. The van der Waals surface area contributed by atoms with Crippen molar-refractivity contribution in [3.05, 3.63) is 129 Å². The van der Waals surface area contributed by atoms with Gasteiger partial charge in [0.25, 0.3) is 0 Å². The lowest BCUT2D eigenvalue weighted by atomic mass is 10.0. The van der Waals surface area contributed by atoms with Crippen LogP contribution in [-0.4, -0.2) is 33.9 Å². The Morgan fingerprint density at radius 2 is 1.00 bits per heavy atom. The number of allylic oxidation sites excluding steroid dienone is 11. The highest BCUT2D eigenvalue weighted by Crippen LogP contribution is 2.24. The first-order valence-electron chi connectivity index (χ1n) is 17.6. The van der Waals surface area contributed by atoms with E-state index < -0.39 is 11.9 Å². The van der Waals surface area contributed by atoms with Crippen LogP contribution < -0.4 is 4.74 Å². The van der Waals surface area contributed by atoms with Crippen molar-refractivity contribution in [1.82, 2.24) is 0 Å². The first kappa shape index (κ1) is 43.4. The Balaban J connectivity index is 0.000000500.